The van der Waals surface area contributed by atoms with Crippen molar-refractivity contribution in [3.8, 4) is 11.5 Å². The molecule has 1 heterocycles. The lowest BCUT2D eigenvalue weighted by molar-refractivity contribution is 0.174. The molecular formula is C19H22N2O3. The van der Waals surface area contributed by atoms with Crippen molar-refractivity contribution >= 4 is 11.7 Å². The molecule has 0 saturated carbocycles. The van der Waals surface area contributed by atoms with Crippen molar-refractivity contribution in [3.05, 3.63) is 53.6 Å². The molecule has 1 aliphatic heterocycles. The third kappa shape index (κ3) is 3.79. The molecule has 0 radical (unpaired) electrons. The van der Waals surface area contributed by atoms with Gasteiger partial charge in [-0.15, -0.1) is 0 Å². The number of amides is 2. The predicted molar refractivity (Wildman–Crippen MR) is 93.6 cm³/mol. The van der Waals surface area contributed by atoms with E-state index in [0.29, 0.717) is 17.2 Å². The first-order valence-corrected chi connectivity index (χ1v) is 8.21. The number of rotatable bonds is 5. The molecule has 126 valence electrons. The molecule has 0 spiro atoms. The maximum Gasteiger partial charge on any atom is 0.319 e. The molecule has 2 N–H and O–H groups in total. The quantitative estimate of drug-likeness (QED) is 0.863. The average Bonchev–Trinajstić information content (AvgIpc) is 3.03. The van der Waals surface area contributed by atoms with Gasteiger partial charge in [-0.3, -0.25) is 0 Å². The highest BCUT2D eigenvalue weighted by Crippen LogP contribution is 2.34. The van der Waals surface area contributed by atoms with Crippen LogP contribution in [0.1, 0.15) is 37.4 Å². The summed E-state index contributed by atoms with van der Waals surface area (Å²) >= 11 is 0. The van der Waals surface area contributed by atoms with Gasteiger partial charge in [0.25, 0.3) is 0 Å². The molecule has 24 heavy (non-hydrogen) atoms. The Labute approximate surface area is 142 Å². The summed E-state index contributed by atoms with van der Waals surface area (Å²) in [6, 6.07) is 13.4. The highest BCUT2D eigenvalue weighted by atomic mass is 16.7. The number of fused-ring (bicyclic) bond motifs is 1. The molecular weight excluding hydrogens is 304 g/mol. The van der Waals surface area contributed by atoms with Crippen molar-refractivity contribution in [2.24, 2.45) is 0 Å². The summed E-state index contributed by atoms with van der Waals surface area (Å²) in [6.45, 7) is 4.35. The second kappa shape index (κ2) is 7.25. The van der Waals surface area contributed by atoms with E-state index < -0.39 is 0 Å². The number of ether oxygens (including phenoxy) is 2. The van der Waals surface area contributed by atoms with E-state index in [4.69, 9.17) is 9.47 Å². The van der Waals surface area contributed by atoms with Crippen molar-refractivity contribution in [2.75, 3.05) is 12.1 Å². The first-order chi connectivity index (χ1) is 11.7. The Morgan fingerprint density at radius 1 is 1.12 bits per heavy atom. The van der Waals surface area contributed by atoms with E-state index in [2.05, 4.69) is 41.8 Å². The van der Waals surface area contributed by atoms with Gasteiger partial charge in [-0.1, -0.05) is 37.6 Å². The van der Waals surface area contributed by atoms with Crippen molar-refractivity contribution in [1.29, 1.82) is 0 Å². The summed E-state index contributed by atoms with van der Waals surface area (Å²) in [5.41, 5.74) is 3.07. The lowest BCUT2D eigenvalue weighted by Crippen LogP contribution is -2.31. The Morgan fingerprint density at radius 3 is 2.62 bits per heavy atom. The van der Waals surface area contributed by atoms with Crippen LogP contribution in [0.25, 0.3) is 0 Å². The van der Waals surface area contributed by atoms with Crippen LogP contribution in [-0.4, -0.2) is 12.8 Å². The van der Waals surface area contributed by atoms with Crippen LogP contribution in [0.5, 0.6) is 11.5 Å². The topological polar surface area (TPSA) is 59.6 Å². The molecule has 0 bridgehead atoms. The monoisotopic (exact) mass is 326 g/mol. The van der Waals surface area contributed by atoms with Crippen molar-refractivity contribution < 1.29 is 14.3 Å². The number of benzene rings is 2. The minimum atomic E-state index is -0.251. The summed E-state index contributed by atoms with van der Waals surface area (Å²) in [5.74, 6) is 1.34. The first-order valence-electron chi connectivity index (χ1n) is 8.21. The Kier molecular flexibility index (Phi) is 4.89. The summed E-state index contributed by atoms with van der Waals surface area (Å²) in [6.07, 6.45) is 2.21. The molecule has 5 heteroatoms. The molecule has 2 aromatic carbocycles. The lowest BCUT2D eigenvalue weighted by Gasteiger charge is -2.15. The molecule has 2 aromatic rings. The molecule has 0 fully saturated rings. The van der Waals surface area contributed by atoms with Gasteiger partial charge in [-0.05, 0) is 36.6 Å². The van der Waals surface area contributed by atoms with E-state index in [9.17, 15) is 4.79 Å². The SMILES string of the molecule is CCCc1ccc(C(C)NC(=O)Nc2ccc3c(c2)OCO3)cc1. The average molecular weight is 326 g/mol. The fourth-order valence-corrected chi connectivity index (χ4v) is 2.68. The highest BCUT2D eigenvalue weighted by molar-refractivity contribution is 5.90. The smallest absolute Gasteiger partial charge is 0.319 e. The fourth-order valence-electron chi connectivity index (χ4n) is 2.68. The molecule has 1 unspecified atom stereocenters. The Balaban J connectivity index is 1.57. The second-order valence-electron chi connectivity index (χ2n) is 5.88. The van der Waals surface area contributed by atoms with E-state index in [-0.39, 0.29) is 18.9 Å². The second-order valence-corrected chi connectivity index (χ2v) is 5.88. The van der Waals surface area contributed by atoms with E-state index in [1.54, 1.807) is 18.2 Å². The maximum absolute atomic E-state index is 12.2. The maximum atomic E-state index is 12.2. The number of anilines is 1. The largest absolute Gasteiger partial charge is 0.454 e. The van der Waals surface area contributed by atoms with Gasteiger partial charge in [-0.2, -0.15) is 0 Å². The van der Waals surface area contributed by atoms with Crippen molar-refractivity contribution in [1.82, 2.24) is 5.32 Å². The summed E-state index contributed by atoms with van der Waals surface area (Å²) in [4.78, 5) is 12.2. The van der Waals surface area contributed by atoms with Crippen LogP contribution in [0.2, 0.25) is 0 Å². The minimum absolute atomic E-state index is 0.0744. The lowest BCUT2D eigenvalue weighted by atomic mass is 10.0. The van der Waals surface area contributed by atoms with Gasteiger partial charge < -0.3 is 20.1 Å². The number of nitrogens with one attached hydrogen (secondary N) is 2. The van der Waals surface area contributed by atoms with Gasteiger partial charge in [0, 0.05) is 11.8 Å². The summed E-state index contributed by atoms with van der Waals surface area (Å²) in [7, 11) is 0. The van der Waals surface area contributed by atoms with Crippen LogP contribution in [0.15, 0.2) is 42.5 Å². The van der Waals surface area contributed by atoms with Gasteiger partial charge >= 0.3 is 6.03 Å². The Morgan fingerprint density at radius 2 is 1.88 bits per heavy atom. The van der Waals surface area contributed by atoms with Gasteiger partial charge in [-0.25, -0.2) is 4.79 Å². The van der Waals surface area contributed by atoms with Gasteiger partial charge in [0.1, 0.15) is 0 Å². The molecule has 0 aromatic heterocycles. The van der Waals surface area contributed by atoms with Gasteiger partial charge in [0.05, 0.1) is 6.04 Å². The first kappa shape index (κ1) is 16.2. The van der Waals surface area contributed by atoms with Crippen LogP contribution in [0.3, 0.4) is 0 Å². The molecule has 1 aliphatic rings. The zero-order valence-corrected chi connectivity index (χ0v) is 14.0. The Bertz CT molecular complexity index is 713. The number of hydrogen-bond acceptors (Lipinski definition) is 3. The molecule has 2 amide bonds. The predicted octanol–water partition coefficient (Wildman–Crippen LogP) is 4.25. The van der Waals surface area contributed by atoms with Crippen LogP contribution in [0.4, 0.5) is 10.5 Å². The van der Waals surface area contributed by atoms with Crippen LogP contribution in [0, 0.1) is 0 Å². The van der Waals surface area contributed by atoms with Gasteiger partial charge in [0.2, 0.25) is 6.79 Å². The third-order valence-electron chi connectivity index (χ3n) is 4.00. The number of aryl methyl sites for hydroxylation is 1. The van der Waals surface area contributed by atoms with Crippen molar-refractivity contribution in [3.63, 3.8) is 0 Å². The van der Waals surface area contributed by atoms with Crippen LogP contribution in [-0.2, 0) is 6.42 Å². The summed E-state index contributed by atoms with van der Waals surface area (Å²) in [5, 5.41) is 5.76. The highest BCUT2D eigenvalue weighted by Gasteiger charge is 2.15. The number of carbonyl (C=O) groups excluding carboxylic acids is 1. The minimum Gasteiger partial charge on any atom is -0.454 e. The molecule has 1 atom stereocenters. The standard InChI is InChI=1S/C19H22N2O3/c1-3-4-14-5-7-15(8-6-14)13(2)20-19(22)21-16-9-10-17-18(11-16)24-12-23-17/h5-11,13H,3-4,12H2,1-2H3,(H2,20,21,22). The molecule has 3 rings (SSSR count). The van der Waals surface area contributed by atoms with E-state index in [1.807, 2.05) is 6.92 Å². The van der Waals surface area contributed by atoms with E-state index in [1.165, 1.54) is 5.56 Å². The normalized spacial score (nSPS) is 13.4. The number of hydrogen-bond donors (Lipinski definition) is 2. The number of carbonyl (C=O) groups is 1. The zero-order chi connectivity index (χ0) is 16.9. The number of urea groups is 1. The van der Waals surface area contributed by atoms with Crippen LogP contribution >= 0.6 is 0 Å². The molecule has 0 aliphatic carbocycles. The molecule has 5 nitrogen and oxygen atoms in total. The zero-order valence-electron chi connectivity index (χ0n) is 14.0. The summed E-state index contributed by atoms with van der Waals surface area (Å²) < 4.78 is 10.6. The Hall–Kier alpha value is -2.69. The van der Waals surface area contributed by atoms with Crippen molar-refractivity contribution in [2.45, 2.75) is 32.7 Å². The third-order valence-corrected chi connectivity index (χ3v) is 4.00. The van der Waals surface area contributed by atoms with E-state index >= 15 is 0 Å². The molecule has 0 saturated heterocycles. The van der Waals surface area contributed by atoms with E-state index in [0.717, 1.165) is 18.4 Å². The fraction of sp³-hybridized carbons (Fsp3) is 0.316. The van der Waals surface area contributed by atoms with Gasteiger partial charge in [0.15, 0.2) is 11.5 Å². The van der Waals surface area contributed by atoms with Crippen LogP contribution < -0.4 is 20.1 Å².